The molecule has 340 valence electrons. The van der Waals surface area contributed by atoms with Crippen molar-refractivity contribution in [2.75, 3.05) is 19.0 Å². The molecular weight excluding hydrogens is 845 g/mol. The van der Waals surface area contributed by atoms with Crippen LogP contribution in [0.4, 0.5) is 0 Å². The highest BCUT2D eigenvalue weighted by Gasteiger charge is 2.62. The monoisotopic (exact) mass is 900 g/mol. The van der Waals surface area contributed by atoms with Gasteiger partial charge in [-0.2, -0.15) is 0 Å². The Morgan fingerprint density at radius 1 is 0.600 bits per heavy atom. The first-order valence-electron chi connectivity index (χ1n) is 22.0. The minimum absolute atomic E-state index is 0.105. The highest BCUT2D eigenvalue weighted by atomic mass is 32.2. The minimum atomic E-state index is -1.59. The second-order valence-electron chi connectivity index (χ2n) is 17.3. The molecule has 0 N–H and O–H groups in total. The van der Waals surface area contributed by atoms with Gasteiger partial charge in [0, 0.05) is 0 Å². The quantitative estimate of drug-likeness (QED) is 0.0781. The topological polar surface area (TPSA) is 117 Å². The van der Waals surface area contributed by atoms with Gasteiger partial charge in [0.15, 0.2) is 24.1 Å². The normalized spacial score (nSPS) is 24.2. The molecule has 0 saturated carbocycles. The van der Waals surface area contributed by atoms with Crippen LogP contribution < -0.4 is 0 Å². The van der Waals surface area contributed by atoms with Crippen molar-refractivity contribution < 1.29 is 52.2 Å². The summed E-state index contributed by atoms with van der Waals surface area (Å²) in [4.78, 5) is 27.3. The molecule has 7 atom stereocenters. The van der Waals surface area contributed by atoms with Crippen molar-refractivity contribution in [3.8, 4) is 0 Å². The predicted octanol–water partition coefficient (Wildman–Crippen LogP) is 9.13. The van der Waals surface area contributed by atoms with Gasteiger partial charge in [0.2, 0.25) is 5.79 Å². The van der Waals surface area contributed by atoms with E-state index in [1.807, 2.05) is 152 Å². The lowest BCUT2D eigenvalue weighted by Gasteiger charge is -2.54. The smallest absolute Gasteiger partial charge is 0.348 e. The second kappa shape index (κ2) is 21.8. The summed E-state index contributed by atoms with van der Waals surface area (Å²) in [7, 11) is 0. The molecular formula is C53H56O11S. The first kappa shape index (κ1) is 46.2. The van der Waals surface area contributed by atoms with Crippen molar-refractivity contribution in [1.29, 1.82) is 0 Å². The van der Waals surface area contributed by atoms with Crippen molar-refractivity contribution in [3.05, 3.63) is 190 Å². The zero-order valence-corrected chi connectivity index (χ0v) is 37.8. The highest BCUT2D eigenvalue weighted by Crippen LogP contribution is 2.49. The van der Waals surface area contributed by atoms with Crippen LogP contribution in [-0.2, 0) is 85.3 Å². The van der Waals surface area contributed by atoms with Crippen LogP contribution in [0.3, 0.4) is 0 Å². The number of rotatable bonds is 18. The molecule has 5 aromatic rings. The lowest BCUT2D eigenvalue weighted by atomic mass is 9.91. The van der Waals surface area contributed by atoms with Crippen molar-refractivity contribution in [2.24, 2.45) is 5.41 Å². The number of esters is 2. The van der Waals surface area contributed by atoms with Gasteiger partial charge in [-0.15, -0.1) is 11.8 Å². The summed E-state index contributed by atoms with van der Waals surface area (Å²) in [5.74, 6) is -2.34. The van der Waals surface area contributed by atoms with Crippen LogP contribution in [0.1, 0.15) is 48.6 Å². The van der Waals surface area contributed by atoms with Crippen LogP contribution in [0.2, 0.25) is 0 Å². The molecule has 11 nitrogen and oxygen atoms in total. The lowest BCUT2D eigenvalue weighted by molar-refractivity contribution is -0.369. The van der Waals surface area contributed by atoms with Crippen LogP contribution in [0.5, 0.6) is 0 Å². The average molecular weight is 901 g/mol. The Hall–Kier alpha value is -5.31. The maximum absolute atomic E-state index is 14.0. The third-order valence-corrected chi connectivity index (χ3v) is 12.4. The zero-order valence-electron chi connectivity index (χ0n) is 37.0. The molecule has 3 aliphatic heterocycles. The van der Waals surface area contributed by atoms with Crippen LogP contribution in [0.15, 0.2) is 162 Å². The van der Waals surface area contributed by atoms with Crippen LogP contribution in [-0.4, -0.2) is 73.3 Å². The number of benzene rings is 5. The first-order valence-corrected chi connectivity index (χ1v) is 23.0. The number of ether oxygens (including phenoxy) is 9. The molecule has 1 saturated heterocycles. The van der Waals surface area contributed by atoms with Gasteiger partial charge in [-0.3, -0.25) is 4.79 Å². The number of cyclic esters (lactones) is 1. The molecule has 3 aliphatic rings. The highest BCUT2D eigenvalue weighted by molar-refractivity contribution is 8.04. The third kappa shape index (κ3) is 11.9. The molecule has 12 heteroatoms. The van der Waals surface area contributed by atoms with Crippen LogP contribution >= 0.6 is 11.8 Å². The Kier molecular flexibility index (Phi) is 15.5. The average Bonchev–Trinajstić information content (AvgIpc) is 3.33. The fourth-order valence-electron chi connectivity index (χ4n) is 7.83. The number of carbonyl (C=O) groups excluding carboxylic acids is 2. The van der Waals surface area contributed by atoms with E-state index in [1.165, 1.54) is 11.8 Å². The van der Waals surface area contributed by atoms with Gasteiger partial charge in [-0.25, -0.2) is 4.79 Å². The number of hydrogen-bond donors (Lipinski definition) is 0. The molecule has 5 aromatic carbocycles. The molecule has 0 unspecified atom stereocenters. The molecule has 0 aromatic heterocycles. The molecule has 65 heavy (non-hydrogen) atoms. The van der Waals surface area contributed by atoms with E-state index in [9.17, 15) is 9.59 Å². The maximum Gasteiger partial charge on any atom is 0.348 e. The summed E-state index contributed by atoms with van der Waals surface area (Å²) >= 11 is 1.24. The van der Waals surface area contributed by atoms with Crippen molar-refractivity contribution in [1.82, 2.24) is 0 Å². The molecule has 0 radical (unpaired) electrons. The molecule has 1 fully saturated rings. The summed E-state index contributed by atoms with van der Waals surface area (Å²) in [5, 5.41) is 0. The Labute approximate surface area is 385 Å². The van der Waals surface area contributed by atoms with E-state index >= 15 is 0 Å². The third-order valence-electron chi connectivity index (χ3n) is 11.2. The Bertz CT molecular complexity index is 2310. The summed E-state index contributed by atoms with van der Waals surface area (Å²) < 4.78 is 60.4. The number of hydrogen-bond acceptors (Lipinski definition) is 12. The predicted molar refractivity (Wildman–Crippen MR) is 245 cm³/mol. The van der Waals surface area contributed by atoms with E-state index in [2.05, 4.69) is 0 Å². The molecule has 0 amide bonds. The summed E-state index contributed by atoms with van der Waals surface area (Å²) in [6.45, 7) is 6.28. The van der Waals surface area contributed by atoms with Gasteiger partial charge in [0.1, 0.15) is 29.8 Å². The Morgan fingerprint density at radius 3 is 1.57 bits per heavy atom. The van der Waals surface area contributed by atoms with E-state index in [0.29, 0.717) is 6.61 Å². The fraction of sp³-hybridized carbons (Fsp3) is 0.358. The van der Waals surface area contributed by atoms with Gasteiger partial charge in [-0.05, 0) is 48.6 Å². The number of carbonyl (C=O) groups is 2. The summed E-state index contributed by atoms with van der Waals surface area (Å²) in [6, 6.07) is 49.3. The van der Waals surface area contributed by atoms with Gasteiger partial charge in [-0.1, -0.05) is 152 Å². The molecule has 3 heterocycles. The summed E-state index contributed by atoms with van der Waals surface area (Å²) in [6.07, 6.45) is -5.27. The number of thioether (sulfide) groups is 1. The Balaban J connectivity index is 1.19. The zero-order chi connectivity index (χ0) is 45.1. The first-order chi connectivity index (χ1) is 31.6. The molecule has 8 rings (SSSR count). The van der Waals surface area contributed by atoms with Crippen LogP contribution in [0.25, 0.3) is 0 Å². The fourth-order valence-corrected chi connectivity index (χ4v) is 8.93. The largest absolute Gasteiger partial charge is 0.461 e. The Morgan fingerprint density at radius 2 is 1.06 bits per heavy atom. The van der Waals surface area contributed by atoms with E-state index in [-0.39, 0.29) is 56.1 Å². The van der Waals surface area contributed by atoms with Gasteiger partial charge < -0.3 is 42.6 Å². The van der Waals surface area contributed by atoms with Crippen molar-refractivity contribution >= 4 is 23.7 Å². The standard InChI is InChI=1S/C53H56O11S/c1-52(2,3)51(55)61-35-42-44(57-30-38-21-11-5-12-22-38)46-48(50(54)62-42)65-36-53(64-46)49(60-33-41-27-17-8-18-28-41)47(59-32-40-25-15-7-16-26-40)45(58-31-39-23-13-6-14-24-39)43(63-53)34-56-29-37-19-9-4-10-20-37/h4-28,42-45,47,49H,29-36H2,1-3H3/t42-,43-,44+,45-,47+,49-,53-/m1/s1. The molecule has 0 aliphatic carbocycles. The van der Waals surface area contributed by atoms with Gasteiger partial charge in [0.25, 0.3) is 0 Å². The van der Waals surface area contributed by atoms with Crippen molar-refractivity contribution in [2.45, 2.75) is 96.2 Å². The van der Waals surface area contributed by atoms with Gasteiger partial charge >= 0.3 is 11.9 Å². The minimum Gasteiger partial charge on any atom is -0.461 e. The van der Waals surface area contributed by atoms with Crippen LogP contribution in [0, 0.1) is 5.41 Å². The van der Waals surface area contributed by atoms with E-state index in [4.69, 9.17) is 42.6 Å². The maximum atomic E-state index is 14.0. The van der Waals surface area contributed by atoms with Crippen molar-refractivity contribution in [3.63, 3.8) is 0 Å². The molecule has 0 bridgehead atoms. The van der Waals surface area contributed by atoms with E-state index < -0.39 is 59.8 Å². The van der Waals surface area contributed by atoms with E-state index in [0.717, 1.165) is 27.8 Å². The SMILES string of the molecule is CC(C)(C)C(=O)OC[C@H]1OC(=O)C2=C(O[C@@]3(CS2)O[C@H](COCc2ccccc2)[C@@H](OCc2ccccc2)[C@H](OCc2ccccc2)[C@H]3OCc2ccccc2)[C@H]1OCc1ccccc1. The van der Waals surface area contributed by atoms with Gasteiger partial charge in [0.05, 0.1) is 50.8 Å². The lowest BCUT2D eigenvalue weighted by Crippen LogP contribution is -2.70. The van der Waals surface area contributed by atoms with E-state index in [1.54, 1.807) is 20.8 Å². The molecule has 1 spiro atoms. The second-order valence-corrected chi connectivity index (χ2v) is 18.3. The summed E-state index contributed by atoms with van der Waals surface area (Å²) in [5.41, 5.74) is 3.93.